The fourth-order valence-electron chi connectivity index (χ4n) is 1.08. The van der Waals surface area contributed by atoms with E-state index in [2.05, 4.69) is 5.16 Å². The van der Waals surface area contributed by atoms with Crippen molar-refractivity contribution in [2.24, 2.45) is 5.16 Å². The van der Waals surface area contributed by atoms with Crippen molar-refractivity contribution in [2.45, 2.75) is 13.3 Å². The van der Waals surface area contributed by atoms with Crippen molar-refractivity contribution in [3.05, 3.63) is 35.9 Å². The number of carbonyl (C=O) groups is 1. The second-order valence-electron chi connectivity index (χ2n) is 2.92. The molecule has 0 aliphatic carbocycles. The zero-order chi connectivity index (χ0) is 11.1. The zero-order valence-electron chi connectivity index (χ0n) is 8.51. The molecule has 0 aliphatic heterocycles. The molecule has 0 bridgehead atoms. The minimum atomic E-state index is -1.05. The highest BCUT2D eigenvalue weighted by atomic mass is 16.6. The molecule has 0 atom stereocenters. The molecule has 0 saturated heterocycles. The van der Waals surface area contributed by atoms with E-state index in [1.807, 2.05) is 30.3 Å². The van der Waals surface area contributed by atoms with Crippen LogP contribution in [-0.4, -0.2) is 23.4 Å². The predicted molar refractivity (Wildman–Crippen MR) is 56.8 cm³/mol. The topological polar surface area (TPSA) is 58.9 Å². The van der Waals surface area contributed by atoms with Crippen LogP contribution in [0, 0.1) is 0 Å². The van der Waals surface area contributed by atoms with E-state index in [9.17, 15) is 4.79 Å². The Morgan fingerprint density at radius 3 is 2.60 bits per heavy atom. The second kappa shape index (κ2) is 5.80. The Morgan fingerprint density at radius 1 is 1.40 bits per heavy atom. The number of rotatable bonds is 5. The van der Waals surface area contributed by atoms with Crippen LogP contribution in [0.2, 0.25) is 0 Å². The van der Waals surface area contributed by atoms with E-state index in [0.29, 0.717) is 6.61 Å². The van der Waals surface area contributed by atoms with Crippen LogP contribution in [0.1, 0.15) is 12.5 Å². The van der Waals surface area contributed by atoms with Gasteiger partial charge in [0, 0.05) is 6.42 Å². The molecule has 0 unspecified atom stereocenters. The first-order valence-electron chi connectivity index (χ1n) is 4.70. The van der Waals surface area contributed by atoms with E-state index >= 15 is 0 Å². The van der Waals surface area contributed by atoms with Crippen LogP contribution in [0.4, 0.5) is 0 Å². The maximum absolute atomic E-state index is 10.8. The minimum absolute atomic E-state index is 0.0167. The third-order valence-corrected chi connectivity index (χ3v) is 1.77. The molecule has 4 heteroatoms. The van der Waals surface area contributed by atoms with Crippen LogP contribution in [0.15, 0.2) is 35.5 Å². The summed E-state index contributed by atoms with van der Waals surface area (Å²) in [5.41, 5.74) is 0.918. The maximum Gasteiger partial charge on any atom is 0.354 e. The smallest absolute Gasteiger partial charge is 0.354 e. The summed E-state index contributed by atoms with van der Waals surface area (Å²) in [5.74, 6) is -1.05. The van der Waals surface area contributed by atoms with Gasteiger partial charge in [0.1, 0.15) is 6.61 Å². The average molecular weight is 207 g/mol. The molecule has 15 heavy (non-hydrogen) atoms. The largest absolute Gasteiger partial charge is 0.477 e. The molecule has 0 spiro atoms. The van der Waals surface area contributed by atoms with Gasteiger partial charge in [-0.1, -0.05) is 35.5 Å². The first-order valence-corrected chi connectivity index (χ1v) is 4.70. The van der Waals surface area contributed by atoms with Gasteiger partial charge in [0.05, 0.1) is 0 Å². The van der Waals surface area contributed by atoms with Gasteiger partial charge in [-0.15, -0.1) is 0 Å². The lowest BCUT2D eigenvalue weighted by molar-refractivity contribution is -0.129. The molecule has 80 valence electrons. The zero-order valence-corrected chi connectivity index (χ0v) is 8.51. The number of oxime groups is 1. The molecular formula is C11H13NO3. The van der Waals surface area contributed by atoms with Gasteiger partial charge in [-0.3, -0.25) is 0 Å². The Balaban J connectivity index is 2.72. The molecule has 1 N–H and O–H groups in total. The molecule has 0 radical (unpaired) electrons. The Kier molecular flexibility index (Phi) is 4.34. The van der Waals surface area contributed by atoms with Gasteiger partial charge in [-0.25, -0.2) is 4.79 Å². The number of carboxylic acids is 1. The van der Waals surface area contributed by atoms with Crippen molar-refractivity contribution in [2.75, 3.05) is 6.61 Å². The number of nitrogens with zero attached hydrogens (tertiary/aromatic N) is 1. The van der Waals surface area contributed by atoms with Gasteiger partial charge in [0.2, 0.25) is 0 Å². The Bertz CT molecular complexity index is 346. The fraction of sp³-hybridized carbons (Fsp3) is 0.273. The molecule has 0 aromatic heterocycles. The van der Waals surface area contributed by atoms with E-state index in [4.69, 9.17) is 9.94 Å². The maximum atomic E-state index is 10.8. The number of benzene rings is 1. The van der Waals surface area contributed by atoms with Gasteiger partial charge in [-0.05, 0) is 12.5 Å². The predicted octanol–water partition coefficient (Wildman–Crippen LogP) is 1.71. The van der Waals surface area contributed by atoms with Crippen molar-refractivity contribution < 1.29 is 14.7 Å². The number of carboxylic acid groups (broad SMARTS) is 1. The Labute approximate surface area is 88.2 Å². The summed E-state index contributed by atoms with van der Waals surface area (Å²) in [7, 11) is 0. The van der Waals surface area contributed by atoms with Crippen LogP contribution in [0.25, 0.3) is 0 Å². The van der Waals surface area contributed by atoms with E-state index in [1.165, 1.54) is 0 Å². The first-order chi connectivity index (χ1) is 7.24. The summed E-state index contributed by atoms with van der Waals surface area (Å²) in [6.07, 6.45) is 0.274. The molecule has 0 amide bonds. The molecule has 0 saturated carbocycles. The van der Waals surface area contributed by atoms with Crippen molar-refractivity contribution in [3.8, 4) is 0 Å². The highest BCUT2D eigenvalue weighted by Gasteiger charge is 2.10. The lowest BCUT2D eigenvalue weighted by Crippen LogP contribution is -2.16. The number of aliphatic carboxylic acids is 1. The third kappa shape index (κ3) is 3.81. The van der Waals surface area contributed by atoms with Gasteiger partial charge in [-0.2, -0.15) is 0 Å². The van der Waals surface area contributed by atoms with Crippen LogP contribution in [0.5, 0.6) is 0 Å². The van der Waals surface area contributed by atoms with Crippen LogP contribution in [0.3, 0.4) is 0 Å². The van der Waals surface area contributed by atoms with Gasteiger partial charge in [0.15, 0.2) is 5.71 Å². The number of hydrogen-bond acceptors (Lipinski definition) is 3. The molecule has 0 aliphatic rings. The highest BCUT2D eigenvalue weighted by Crippen LogP contribution is 2.01. The van der Waals surface area contributed by atoms with Crippen molar-refractivity contribution in [1.82, 2.24) is 0 Å². The minimum Gasteiger partial charge on any atom is -0.477 e. The summed E-state index contributed by atoms with van der Waals surface area (Å²) >= 11 is 0. The van der Waals surface area contributed by atoms with Crippen molar-refractivity contribution >= 4 is 11.7 Å². The van der Waals surface area contributed by atoms with Gasteiger partial charge < -0.3 is 9.94 Å². The molecule has 4 nitrogen and oxygen atoms in total. The Morgan fingerprint density at radius 2 is 2.07 bits per heavy atom. The monoisotopic (exact) mass is 207 g/mol. The Hall–Kier alpha value is -1.84. The molecule has 1 rings (SSSR count). The second-order valence-corrected chi connectivity index (χ2v) is 2.92. The summed E-state index contributed by atoms with van der Waals surface area (Å²) in [5, 5.41) is 12.4. The standard InChI is InChI=1S/C11H13NO3/c1-2-15-12-10(11(13)14)8-9-6-4-3-5-7-9/h3-7H,2,8H2,1H3,(H,13,14)/b12-10-. The van der Waals surface area contributed by atoms with E-state index < -0.39 is 5.97 Å². The lowest BCUT2D eigenvalue weighted by atomic mass is 10.1. The molecule has 1 aromatic rings. The highest BCUT2D eigenvalue weighted by molar-refractivity contribution is 6.35. The van der Waals surface area contributed by atoms with Crippen LogP contribution < -0.4 is 0 Å². The van der Waals surface area contributed by atoms with Crippen molar-refractivity contribution in [1.29, 1.82) is 0 Å². The molecular weight excluding hydrogens is 194 g/mol. The SMILES string of the molecule is CCO/N=C(/Cc1ccccc1)C(=O)O. The normalized spacial score (nSPS) is 11.1. The molecule has 0 heterocycles. The van der Waals surface area contributed by atoms with Crippen molar-refractivity contribution in [3.63, 3.8) is 0 Å². The van der Waals surface area contributed by atoms with Gasteiger partial charge >= 0.3 is 5.97 Å². The quantitative estimate of drug-likeness (QED) is 0.590. The molecule has 0 fully saturated rings. The first kappa shape index (κ1) is 11.2. The van der Waals surface area contributed by atoms with Crippen LogP contribution >= 0.6 is 0 Å². The summed E-state index contributed by atoms with van der Waals surface area (Å²) in [4.78, 5) is 15.5. The summed E-state index contributed by atoms with van der Waals surface area (Å²) in [6, 6.07) is 9.30. The van der Waals surface area contributed by atoms with E-state index in [1.54, 1.807) is 6.92 Å². The summed E-state index contributed by atoms with van der Waals surface area (Å²) in [6.45, 7) is 2.12. The van der Waals surface area contributed by atoms with Gasteiger partial charge in [0.25, 0.3) is 0 Å². The lowest BCUT2D eigenvalue weighted by Gasteiger charge is -2.01. The average Bonchev–Trinajstić information content (AvgIpc) is 2.25. The number of hydrogen-bond donors (Lipinski definition) is 1. The van der Waals surface area contributed by atoms with E-state index in [-0.39, 0.29) is 12.1 Å². The van der Waals surface area contributed by atoms with E-state index in [0.717, 1.165) is 5.56 Å². The fourth-order valence-corrected chi connectivity index (χ4v) is 1.08. The molecule has 1 aromatic carbocycles. The summed E-state index contributed by atoms with van der Waals surface area (Å²) < 4.78 is 0. The third-order valence-electron chi connectivity index (χ3n) is 1.77. The van der Waals surface area contributed by atoms with Crippen LogP contribution in [-0.2, 0) is 16.1 Å².